The van der Waals surface area contributed by atoms with Crippen LogP contribution in [0.15, 0.2) is 29.3 Å². The maximum atomic E-state index is 5.92. The van der Waals surface area contributed by atoms with E-state index < -0.39 is 0 Å². The normalized spacial score (nSPS) is 17.1. The third kappa shape index (κ3) is 4.31. The van der Waals surface area contributed by atoms with Crippen LogP contribution in [0.1, 0.15) is 19.8 Å². The lowest BCUT2D eigenvalue weighted by Crippen LogP contribution is -2.36. The first-order valence-electron chi connectivity index (χ1n) is 6.51. The summed E-state index contributed by atoms with van der Waals surface area (Å²) in [6, 6.07) is 7.93. The Bertz CT molecular complexity index is 460. The van der Waals surface area contributed by atoms with Crippen molar-refractivity contribution in [3.05, 3.63) is 29.3 Å². The van der Waals surface area contributed by atoms with Gasteiger partial charge in [-0.15, -0.1) is 0 Å². The molecule has 1 unspecified atom stereocenters. The summed E-state index contributed by atoms with van der Waals surface area (Å²) in [5.74, 6) is 1.34. The quantitative estimate of drug-likeness (QED) is 0.666. The molecular formula is C14H20ClN3O. The summed E-state index contributed by atoms with van der Waals surface area (Å²) < 4.78 is 5.74. The highest BCUT2D eigenvalue weighted by atomic mass is 35.5. The largest absolute Gasteiger partial charge is 0.489 e. The fraction of sp³-hybridized carbons (Fsp3) is 0.500. The summed E-state index contributed by atoms with van der Waals surface area (Å²) >= 11 is 5.90. The van der Waals surface area contributed by atoms with Crippen molar-refractivity contribution in [2.24, 2.45) is 10.7 Å². The fourth-order valence-corrected chi connectivity index (χ4v) is 1.97. The monoisotopic (exact) mass is 281 g/mol. The molecule has 0 amide bonds. The van der Waals surface area contributed by atoms with Crippen molar-refractivity contribution in [1.29, 1.82) is 0 Å². The first-order chi connectivity index (χ1) is 9.06. The zero-order valence-electron chi connectivity index (χ0n) is 11.3. The van der Waals surface area contributed by atoms with Gasteiger partial charge in [-0.25, -0.2) is 4.99 Å². The molecule has 1 saturated carbocycles. The molecule has 1 aromatic carbocycles. The molecule has 19 heavy (non-hydrogen) atoms. The average molecular weight is 282 g/mol. The maximum Gasteiger partial charge on any atom is 0.191 e. The Labute approximate surface area is 119 Å². The van der Waals surface area contributed by atoms with Gasteiger partial charge < -0.3 is 15.4 Å². The summed E-state index contributed by atoms with van der Waals surface area (Å²) in [5.41, 5.74) is 5.92. The summed E-state index contributed by atoms with van der Waals surface area (Å²) in [6.07, 6.45) is 2.38. The summed E-state index contributed by atoms with van der Waals surface area (Å²) in [7, 11) is 1.99. The molecule has 1 aliphatic carbocycles. The molecule has 1 aliphatic rings. The summed E-state index contributed by atoms with van der Waals surface area (Å²) in [5, 5.41) is 0.668. The second-order valence-corrected chi connectivity index (χ2v) is 5.36. The number of guanidine groups is 1. The van der Waals surface area contributed by atoms with E-state index in [0.717, 1.165) is 5.75 Å². The Morgan fingerprint density at radius 3 is 2.95 bits per heavy atom. The average Bonchev–Trinajstić information content (AvgIpc) is 3.19. The number of halogens is 1. The van der Waals surface area contributed by atoms with E-state index in [0.29, 0.717) is 23.6 Å². The van der Waals surface area contributed by atoms with Crippen molar-refractivity contribution in [2.45, 2.75) is 31.9 Å². The Balaban J connectivity index is 1.83. The highest BCUT2D eigenvalue weighted by Crippen LogP contribution is 2.24. The highest BCUT2D eigenvalue weighted by molar-refractivity contribution is 6.30. The van der Waals surface area contributed by atoms with Gasteiger partial charge in [0.1, 0.15) is 11.9 Å². The molecule has 1 fully saturated rings. The molecule has 0 aromatic heterocycles. The van der Waals surface area contributed by atoms with E-state index in [1.165, 1.54) is 12.8 Å². The summed E-state index contributed by atoms with van der Waals surface area (Å²) in [6.45, 7) is 2.50. The van der Waals surface area contributed by atoms with Crippen molar-refractivity contribution in [1.82, 2.24) is 4.90 Å². The molecule has 4 nitrogen and oxygen atoms in total. The molecular weight excluding hydrogens is 262 g/mol. The molecule has 5 heteroatoms. The van der Waals surface area contributed by atoms with Crippen LogP contribution in [0.5, 0.6) is 5.75 Å². The molecule has 0 bridgehead atoms. The van der Waals surface area contributed by atoms with Crippen LogP contribution < -0.4 is 10.5 Å². The van der Waals surface area contributed by atoms with Gasteiger partial charge in [0.15, 0.2) is 5.96 Å². The number of nitrogens with two attached hydrogens (primary N) is 1. The fourth-order valence-electron chi connectivity index (χ4n) is 1.79. The van der Waals surface area contributed by atoms with Gasteiger partial charge in [-0.1, -0.05) is 17.7 Å². The minimum atomic E-state index is -0.0374. The van der Waals surface area contributed by atoms with Crippen LogP contribution in [-0.2, 0) is 0 Å². The number of aliphatic imine (C=N–C) groups is 1. The van der Waals surface area contributed by atoms with Crippen LogP contribution in [0.2, 0.25) is 5.02 Å². The maximum absolute atomic E-state index is 5.92. The van der Waals surface area contributed by atoms with Gasteiger partial charge in [0.25, 0.3) is 0 Å². The lowest BCUT2D eigenvalue weighted by atomic mass is 10.3. The molecule has 0 spiro atoms. The lowest BCUT2D eigenvalue weighted by Gasteiger charge is -2.18. The molecule has 0 aliphatic heterocycles. The molecule has 0 heterocycles. The van der Waals surface area contributed by atoms with Crippen LogP contribution >= 0.6 is 11.6 Å². The first kappa shape index (κ1) is 14.0. The van der Waals surface area contributed by atoms with Gasteiger partial charge in [0.05, 0.1) is 6.54 Å². The topological polar surface area (TPSA) is 50.8 Å². The minimum Gasteiger partial charge on any atom is -0.489 e. The van der Waals surface area contributed by atoms with Crippen LogP contribution in [0.4, 0.5) is 0 Å². The SMILES string of the molecule is CC(CN=C(N)N(C)C1CC1)Oc1cccc(Cl)c1. The smallest absolute Gasteiger partial charge is 0.191 e. The number of hydrogen-bond acceptors (Lipinski definition) is 2. The van der Waals surface area contributed by atoms with Crippen LogP contribution in [0, 0.1) is 0 Å². The third-order valence-electron chi connectivity index (χ3n) is 3.10. The van der Waals surface area contributed by atoms with Gasteiger partial charge in [-0.3, -0.25) is 0 Å². The first-order valence-corrected chi connectivity index (χ1v) is 6.89. The van der Waals surface area contributed by atoms with Crippen molar-refractivity contribution >= 4 is 17.6 Å². The zero-order valence-corrected chi connectivity index (χ0v) is 12.1. The lowest BCUT2D eigenvalue weighted by molar-refractivity contribution is 0.230. The second-order valence-electron chi connectivity index (χ2n) is 4.93. The molecule has 104 valence electrons. The highest BCUT2D eigenvalue weighted by Gasteiger charge is 2.27. The standard InChI is InChI=1S/C14H20ClN3O/c1-10(19-13-5-3-4-11(15)8-13)9-17-14(16)18(2)12-6-7-12/h3-5,8,10,12H,6-7,9H2,1-2H3,(H2,16,17). The molecule has 0 saturated heterocycles. The van der Waals surface area contributed by atoms with Crippen LogP contribution in [0.25, 0.3) is 0 Å². The van der Waals surface area contributed by atoms with Gasteiger partial charge >= 0.3 is 0 Å². The van der Waals surface area contributed by atoms with Crippen molar-refractivity contribution in [3.63, 3.8) is 0 Å². The third-order valence-corrected chi connectivity index (χ3v) is 3.33. The summed E-state index contributed by atoms with van der Waals surface area (Å²) in [4.78, 5) is 6.40. The van der Waals surface area contributed by atoms with E-state index in [1.54, 1.807) is 6.07 Å². The predicted molar refractivity (Wildman–Crippen MR) is 78.8 cm³/mol. The molecule has 0 radical (unpaired) electrons. The molecule has 1 atom stereocenters. The Hall–Kier alpha value is -1.42. The van der Waals surface area contributed by atoms with Crippen molar-refractivity contribution < 1.29 is 4.74 Å². The van der Waals surface area contributed by atoms with Gasteiger partial charge in [0.2, 0.25) is 0 Å². The van der Waals surface area contributed by atoms with E-state index in [9.17, 15) is 0 Å². The van der Waals surface area contributed by atoms with Gasteiger partial charge in [-0.2, -0.15) is 0 Å². The number of nitrogens with zero attached hydrogens (tertiary/aromatic N) is 2. The minimum absolute atomic E-state index is 0.0374. The Morgan fingerprint density at radius 2 is 2.32 bits per heavy atom. The number of rotatable bonds is 5. The zero-order chi connectivity index (χ0) is 13.8. The van der Waals surface area contributed by atoms with E-state index in [2.05, 4.69) is 4.99 Å². The number of ether oxygens (including phenoxy) is 1. The van der Waals surface area contributed by atoms with E-state index in [1.807, 2.05) is 37.1 Å². The van der Waals surface area contributed by atoms with E-state index in [4.69, 9.17) is 22.1 Å². The van der Waals surface area contributed by atoms with Crippen LogP contribution in [0.3, 0.4) is 0 Å². The molecule has 2 N–H and O–H groups in total. The van der Waals surface area contributed by atoms with E-state index >= 15 is 0 Å². The predicted octanol–water partition coefficient (Wildman–Crippen LogP) is 2.52. The van der Waals surface area contributed by atoms with E-state index in [-0.39, 0.29) is 6.10 Å². The number of benzene rings is 1. The Kier molecular flexibility index (Phi) is 4.53. The van der Waals surface area contributed by atoms with Crippen molar-refractivity contribution in [2.75, 3.05) is 13.6 Å². The molecule has 2 rings (SSSR count). The van der Waals surface area contributed by atoms with Gasteiger partial charge in [0, 0.05) is 18.1 Å². The number of hydrogen-bond donors (Lipinski definition) is 1. The van der Waals surface area contributed by atoms with Crippen molar-refractivity contribution in [3.8, 4) is 5.75 Å². The second kappa shape index (κ2) is 6.15. The van der Waals surface area contributed by atoms with Crippen LogP contribution in [-0.4, -0.2) is 36.6 Å². The Morgan fingerprint density at radius 1 is 1.58 bits per heavy atom. The molecule has 1 aromatic rings. The van der Waals surface area contributed by atoms with Gasteiger partial charge in [-0.05, 0) is 38.0 Å².